The van der Waals surface area contributed by atoms with E-state index in [9.17, 15) is 19.5 Å². The monoisotopic (exact) mass is 476 g/mol. The zero-order valence-electron chi connectivity index (χ0n) is 19.8. The average molecular weight is 477 g/mol. The van der Waals surface area contributed by atoms with E-state index in [1.54, 1.807) is 0 Å². The fourth-order valence-corrected chi connectivity index (χ4v) is 5.91. The molecule has 0 bridgehead atoms. The third-order valence-electron chi connectivity index (χ3n) is 8.00. The molecule has 2 aromatic rings. The first kappa shape index (κ1) is 23.4. The predicted molar refractivity (Wildman–Crippen MR) is 131 cm³/mol. The van der Waals surface area contributed by atoms with E-state index >= 15 is 0 Å². The van der Waals surface area contributed by atoms with Crippen molar-refractivity contribution >= 4 is 18.0 Å². The van der Waals surface area contributed by atoms with Crippen LogP contribution in [0.4, 0.5) is 4.79 Å². The zero-order valence-corrected chi connectivity index (χ0v) is 19.8. The Bertz CT molecular complexity index is 1080. The Morgan fingerprint density at radius 1 is 0.914 bits per heavy atom. The fraction of sp³-hybridized carbons (Fsp3) is 0.464. The quantitative estimate of drug-likeness (QED) is 0.542. The number of benzene rings is 2. The number of nitrogens with one attached hydrogen (secondary N) is 2. The normalized spacial score (nSPS) is 22.3. The second-order valence-electron chi connectivity index (χ2n) is 10.1. The highest BCUT2D eigenvalue weighted by molar-refractivity contribution is 5.88. The van der Waals surface area contributed by atoms with Crippen molar-refractivity contribution in [2.75, 3.05) is 6.61 Å². The number of alkyl carbamates (subject to hydrolysis) is 1. The molecule has 184 valence electrons. The first-order chi connectivity index (χ1) is 17.0. The Morgan fingerprint density at radius 3 is 2.14 bits per heavy atom. The van der Waals surface area contributed by atoms with Crippen molar-refractivity contribution in [2.45, 2.75) is 68.9 Å². The van der Waals surface area contributed by atoms with Crippen LogP contribution in [-0.2, 0) is 14.3 Å². The molecule has 2 fully saturated rings. The van der Waals surface area contributed by atoms with E-state index in [0.29, 0.717) is 12.8 Å². The summed E-state index contributed by atoms with van der Waals surface area (Å²) in [7, 11) is 0. The maximum Gasteiger partial charge on any atom is 0.407 e. The highest BCUT2D eigenvalue weighted by Crippen LogP contribution is 2.44. The van der Waals surface area contributed by atoms with Crippen LogP contribution in [0.3, 0.4) is 0 Å². The van der Waals surface area contributed by atoms with E-state index in [1.165, 1.54) is 11.1 Å². The molecule has 2 atom stereocenters. The van der Waals surface area contributed by atoms with Gasteiger partial charge in [0.05, 0.1) is 0 Å². The summed E-state index contributed by atoms with van der Waals surface area (Å²) in [4.78, 5) is 37.0. The lowest BCUT2D eigenvalue weighted by molar-refractivity contribution is -0.152. The largest absolute Gasteiger partial charge is 0.480 e. The zero-order chi connectivity index (χ0) is 24.4. The number of aliphatic carboxylic acids is 1. The second kappa shape index (κ2) is 9.72. The van der Waals surface area contributed by atoms with Gasteiger partial charge in [0.15, 0.2) is 0 Å². The number of carbonyl (C=O) groups is 3. The molecule has 2 saturated carbocycles. The van der Waals surface area contributed by atoms with Crippen molar-refractivity contribution in [3.05, 3.63) is 59.7 Å². The summed E-state index contributed by atoms with van der Waals surface area (Å²) in [6.07, 6.45) is 5.07. The van der Waals surface area contributed by atoms with Gasteiger partial charge in [-0.05, 0) is 60.3 Å². The smallest absolute Gasteiger partial charge is 0.407 e. The molecule has 7 nitrogen and oxygen atoms in total. The summed E-state index contributed by atoms with van der Waals surface area (Å²) >= 11 is 0. The number of ether oxygens (including phenoxy) is 1. The van der Waals surface area contributed by atoms with Gasteiger partial charge in [-0.3, -0.25) is 4.79 Å². The Balaban J connectivity index is 1.18. The molecular weight excluding hydrogens is 444 g/mol. The van der Waals surface area contributed by atoms with Gasteiger partial charge in [0.1, 0.15) is 12.1 Å². The van der Waals surface area contributed by atoms with Gasteiger partial charge in [0.25, 0.3) is 0 Å². The predicted octanol–water partition coefficient (Wildman–Crippen LogP) is 4.60. The van der Waals surface area contributed by atoms with Crippen molar-refractivity contribution in [3.63, 3.8) is 0 Å². The minimum atomic E-state index is -1.11. The van der Waals surface area contributed by atoms with E-state index in [2.05, 4.69) is 34.9 Å². The number of rotatable bonds is 7. The van der Waals surface area contributed by atoms with Gasteiger partial charge in [-0.15, -0.1) is 0 Å². The molecule has 3 aliphatic carbocycles. The molecule has 0 aromatic heterocycles. The lowest BCUT2D eigenvalue weighted by atomic mass is 9.76. The molecule has 35 heavy (non-hydrogen) atoms. The Hall–Kier alpha value is -3.35. The van der Waals surface area contributed by atoms with E-state index in [-0.39, 0.29) is 36.8 Å². The van der Waals surface area contributed by atoms with Gasteiger partial charge in [0, 0.05) is 18.4 Å². The molecule has 7 heteroatoms. The van der Waals surface area contributed by atoms with Crippen LogP contribution >= 0.6 is 0 Å². The molecule has 0 spiro atoms. The maximum absolute atomic E-state index is 12.8. The number of hydrogen-bond donors (Lipinski definition) is 3. The van der Waals surface area contributed by atoms with Crippen LogP contribution in [0.25, 0.3) is 11.1 Å². The highest BCUT2D eigenvalue weighted by atomic mass is 16.5. The van der Waals surface area contributed by atoms with E-state index in [4.69, 9.17) is 4.74 Å². The summed E-state index contributed by atoms with van der Waals surface area (Å²) in [6.45, 7) is 0.249. The molecule has 3 aliphatic rings. The molecule has 2 aromatic carbocycles. The lowest BCUT2D eigenvalue weighted by Gasteiger charge is -2.39. The van der Waals surface area contributed by atoms with Crippen LogP contribution in [-0.4, -0.2) is 41.3 Å². The van der Waals surface area contributed by atoms with Crippen LogP contribution in [0.1, 0.15) is 68.4 Å². The van der Waals surface area contributed by atoms with Gasteiger partial charge in [-0.2, -0.15) is 0 Å². The van der Waals surface area contributed by atoms with E-state index in [1.807, 2.05) is 24.3 Å². The molecule has 0 heterocycles. The Morgan fingerprint density at radius 2 is 1.54 bits per heavy atom. The van der Waals surface area contributed by atoms with Gasteiger partial charge in [-0.25, -0.2) is 9.59 Å². The van der Waals surface area contributed by atoms with Gasteiger partial charge >= 0.3 is 12.1 Å². The van der Waals surface area contributed by atoms with Crippen molar-refractivity contribution in [3.8, 4) is 11.1 Å². The van der Waals surface area contributed by atoms with Crippen LogP contribution in [0.2, 0.25) is 0 Å². The van der Waals surface area contributed by atoms with Gasteiger partial charge in [-0.1, -0.05) is 61.4 Å². The van der Waals surface area contributed by atoms with Crippen LogP contribution in [0.15, 0.2) is 48.5 Å². The molecule has 0 radical (unpaired) electrons. The first-order valence-electron chi connectivity index (χ1n) is 12.6. The average Bonchev–Trinajstić information content (AvgIpc) is 3.15. The molecule has 0 unspecified atom stereocenters. The Labute approximate surface area is 205 Å². The maximum atomic E-state index is 12.8. The minimum absolute atomic E-state index is 0.00392. The minimum Gasteiger partial charge on any atom is -0.480 e. The van der Waals surface area contributed by atoms with Crippen molar-refractivity contribution in [1.29, 1.82) is 0 Å². The number of fused-ring (bicyclic) bond motifs is 3. The third-order valence-corrected chi connectivity index (χ3v) is 8.00. The number of hydrogen-bond acceptors (Lipinski definition) is 4. The molecule has 2 amide bonds. The standard InChI is InChI=1S/C28H32N2O5/c31-25(30-28(26(32)33)14-7-15-28)16-18-8-1-6-13-24(18)29-27(34)35-17-23-21-11-4-2-9-19(21)20-10-3-5-12-22(20)23/h2-5,9-12,18,23-24H,1,6-8,13-17H2,(H,29,34)(H,30,31)(H,32,33)/t18-,24-/m1/s1. The van der Waals surface area contributed by atoms with Crippen LogP contribution in [0, 0.1) is 5.92 Å². The number of carboxylic acid groups (broad SMARTS) is 1. The number of carbonyl (C=O) groups excluding carboxylic acids is 2. The van der Waals surface area contributed by atoms with Crippen molar-refractivity contribution in [1.82, 2.24) is 10.6 Å². The molecule has 0 saturated heterocycles. The summed E-state index contributed by atoms with van der Waals surface area (Å²) in [6, 6.07) is 16.3. The SMILES string of the molecule is O=C(C[C@H]1CCCC[C@H]1NC(=O)OCC1c2ccccc2-c2ccccc21)NC1(C(=O)O)CCC1. The third kappa shape index (κ3) is 4.64. The van der Waals surface area contributed by atoms with Gasteiger partial charge in [0.2, 0.25) is 5.91 Å². The van der Waals surface area contributed by atoms with Gasteiger partial charge < -0.3 is 20.5 Å². The van der Waals surface area contributed by atoms with Crippen molar-refractivity contribution < 1.29 is 24.2 Å². The van der Waals surface area contributed by atoms with E-state index in [0.717, 1.165) is 43.2 Å². The number of carboxylic acids is 1. The molecular formula is C28H32N2O5. The topological polar surface area (TPSA) is 105 Å². The first-order valence-corrected chi connectivity index (χ1v) is 12.6. The molecule has 5 rings (SSSR count). The van der Waals surface area contributed by atoms with E-state index < -0.39 is 17.6 Å². The lowest BCUT2D eigenvalue weighted by Crippen LogP contribution is -2.59. The fourth-order valence-electron chi connectivity index (χ4n) is 5.91. The van der Waals surface area contributed by atoms with Crippen molar-refractivity contribution in [2.24, 2.45) is 5.92 Å². The molecule has 3 N–H and O–H groups in total. The highest BCUT2D eigenvalue weighted by Gasteiger charge is 2.46. The number of amides is 2. The van der Waals surface area contributed by atoms with Crippen LogP contribution in [0.5, 0.6) is 0 Å². The summed E-state index contributed by atoms with van der Waals surface area (Å²) in [5, 5.41) is 15.2. The summed E-state index contributed by atoms with van der Waals surface area (Å²) in [5.41, 5.74) is 3.58. The second-order valence-corrected chi connectivity index (χ2v) is 10.1. The summed E-state index contributed by atoms with van der Waals surface area (Å²) < 4.78 is 5.71. The molecule has 0 aliphatic heterocycles. The summed E-state index contributed by atoms with van der Waals surface area (Å²) in [5.74, 6) is -1.25. The van der Waals surface area contributed by atoms with Crippen LogP contribution < -0.4 is 10.6 Å². The Kier molecular flexibility index (Phi) is 6.50.